The standard InChI is InChI=1S/C11H23NO2S/c1-9(2)8-11(3,4)12(10-6-7-10)15(5,13)14/h9-10H,6-8H2,1-5H3. The van der Waals surface area contributed by atoms with Crippen LogP contribution in [0.3, 0.4) is 0 Å². The van der Waals surface area contributed by atoms with Crippen molar-refractivity contribution in [2.24, 2.45) is 5.92 Å². The molecule has 0 aromatic heterocycles. The zero-order valence-electron chi connectivity index (χ0n) is 10.4. The summed E-state index contributed by atoms with van der Waals surface area (Å²) >= 11 is 0. The average molecular weight is 233 g/mol. The summed E-state index contributed by atoms with van der Waals surface area (Å²) in [6.45, 7) is 8.34. The van der Waals surface area contributed by atoms with E-state index in [9.17, 15) is 8.42 Å². The molecule has 1 saturated carbocycles. The Morgan fingerprint density at radius 1 is 1.33 bits per heavy atom. The highest BCUT2D eigenvalue weighted by atomic mass is 32.2. The molecule has 0 heterocycles. The van der Waals surface area contributed by atoms with Crippen LogP contribution in [0.4, 0.5) is 0 Å². The van der Waals surface area contributed by atoms with Gasteiger partial charge in [0.05, 0.1) is 6.26 Å². The largest absolute Gasteiger partial charge is 0.212 e. The minimum absolute atomic E-state index is 0.247. The molecular weight excluding hydrogens is 210 g/mol. The monoisotopic (exact) mass is 233 g/mol. The van der Waals surface area contributed by atoms with Crippen molar-refractivity contribution in [3.05, 3.63) is 0 Å². The van der Waals surface area contributed by atoms with Crippen LogP contribution in [0.15, 0.2) is 0 Å². The lowest BCUT2D eigenvalue weighted by molar-refractivity contribution is 0.186. The zero-order valence-corrected chi connectivity index (χ0v) is 11.3. The highest BCUT2D eigenvalue weighted by Crippen LogP contribution is 2.37. The van der Waals surface area contributed by atoms with Gasteiger partial charge in [-0.3, -0.25) is 0 Å². The van der Waals surface area contributed by atoms with E-state index >= 15 is 0 Å². The maximum Gasteiger partial charge on any atom is 0.211 e. The van der Waals surface area contributed by atoms with E-state index in [0.717, 1.165) is 19.3 Å². The summed E-state index contributed by atoms with van der Waals surface area (Å²) in [5.41, 5.74) is -0.247. The smallest absolute Gasteiger partial charge is 0.211 e. The first-order valence-corrected chi connectivity index (χ1v) is 7.49. The lowest BCUT2D eigenvalue weighted by Gasteiger charge is -2.38. The predicted octanol–water partition coefficient (Wildman–Crippen LogP) is 2.24. The van der Waals surface area contributed by atoms with Gasteiger partial charge in [0, 0.05) is 11.6 Å². The molecule has 0 bridgehead atoms. The first kappa shape index (κ1) is 13.0. The normalized spacial score (nSPS) is 18.9. The molecule has 0 unspecified atom stereocenters. The van der Waals surface area contributed by atoms with Crippen LogP contribution in [0, 0.1) is 5.92 Å². The predicted molar refractivity (Wildman–Crippen MR) is 63.2 cm³/mol. The Balaban J connectivity index is 2.88. The highest BCUT2D eigenvalue weighted by Gasteiger charge is 2.44. The van der Waals surface area contributed by atoms with E-state index < -0.39 is 10.0 Å². The van der Waals surface area contributed by atoms with Crippen LogP contribution in [0.25, 0.3) is 0 Å². The molecule has 1 aliphatic carbocycles. The van der Waals surface area contributed by atoms with Crippen LogP contribution in [0.5, 0.6) is 0 Å². The number of hydrogen-bond donors (Lipinski definition) is 0. The molecule has 1 rings (SSSR count). The molecule has 15 heavy (non-hydrogen) atoms. The molecule has 1 fully saturated rings. The Hall–Kier alpha value is -0.0900. The van der Waals surface area contributed by atoms with Gasteiger partial charge in [0.2, 0.25) is 10.0 Å². The summed E-state index contributed by atoms with van der Waals surface area (Å²) in [5, 5.41) is 0. The second kappa shape index (κ2) is 4.06. The Labute approximate surface area is 93.9 Å². The van der Waals surface area contributed by atoms with E-state index in [1.807, 2.05) is 13.8 Å². The van der Waals surface area contributed by atoms with E-state index in [1.165, 1.54) is 6.26 Å². The van der Waals surface area contributed by atoms with Crippen LogP contribution in [-0.2, 0) is 10.0 Å². The summed E-state index contributed by atoms with van der Waals surface area (Å²) < 4.78 is 25.3. The van der Waals surface area contributed by atoms with E-state index in [4.69, 9.17) is 0 Å². The van der Waals surface area contributed by atoms with E-state index in [0.29, 0.717) is 5.92 Å². The van der Waals surface area contributed by atoms with Crippen molar-refractivity contribution in [1.82, 2.24) is 4.31 Å². The van der Waals surface area contributed by atoms with Crippen molar-refractivity contribution in [3.8, 4) is 0 Å². The number of hydrogen-bond acceptors (Lipinski definition) is 2. The van der Waals surface area contributed by atoms with Gasteiger partial charge in [-0.2, -0.15) is 4.31 Å². The minimum Gasteiger partial charge on any atom is -0.212 e. The van der Waals surface area contributed by atoms with Crippen molar-refractivity contribution < 1.29 is 8.42 Å². The molecule has 0 amide bonds. The van der Waals surface area contributed by atoms with Crippen molar-refractivity contribution in [2.45, 2.75) is 58.5 Å². The third-order valence-electron chi connectivity index (χ3n) is 2.74. The first-order valence-electron chi connectivity index (χ1n) is 5.64. The van der Waals surface area contributed by atoms with Gasteiger partial charge in [-0.05, 0) is 39.0 Å². The second-order valence-electron chi connectivity index (χ2n) is 5.70. The SMILES string of the molecule is CC(C)CC(C)(C)N(C1CC1)S(C)(=O)=O. The molecule has 90 valence electrons. The molecule has 0 aromatic rings. The summed E-state index contributed by atoms with van der Waals surface area (Å²) in [5.74, 6) is 0.517. The van der Waals surface area contributed by atoms with Crippen molar-refractivity contribution >= 4 is 10.0 Å². The van der Waals surface area contributed by atoms with Crippen LogP contribution in [0.2, 0.25) is 0 Å². The highest BCUT2D eigenvalue weighted by molar-refractivity contribution is 7.88. The van der Waals surface area contributed by atoms with Crippen LogP contribution < -0.4 is 0 Å². The van der Waals surface area contributed by atoms with E-state index in [-0.39, 0.29) is 11.6 Å². The van der Waals surface area contributed by atoms with Gasteiger partial charge < -0.3 is 0 Å². The van der Waals surface area contributed by atoms with Gasteiger partial charge >= 0.3 is 0 Å². The molecule has 0 aromatic carbocycles. The Kier molecular flexibility index (Phi) is 3.51. The molecule has 0 atom stereocenters. The van der Waals surface area contributed by atoms with Gasteiger partial charge in [-0.15, -0.1) is 0 Å². The maximum atomic E-state index is 11.8. The Morgan fingerprint density at radius 2 is 1.80 bits per heavy atom. The van der Waals surface area contributed by atoms with Gasteiger partial charge in [0.15, 0.2) is 0 Å². The molecule has 0 aliphatic heterocycles. The zero-order chi connectivity index (χ0) is 11.9. The number of nitrogens with zero attached hydrogens (tertiary/aromatic N) is 1. The van der Waals surface area contributed by atoms with Crippen molar-refractivity contribution in [1.29, 1.82) is 0 Å². The van der Waals surface area contributed by atoms with Gasteiger partial charge in [0.25, 0.3) is 0 Å². The molecule has 3 nitrogen and oxygen atoms in total. The van der Waals surface area contributed by atoms with Crippen LogP contribution >= 0.6 is 0 Å². The van der Waals surface area contributed by atoms with Gasteiger partial charge in [0.1, 0.15) is 0 Å². The fraction of sp³-hybridized carbons (Fsp3) is 1.00. The second-order valence-corrected chi connectivity index (χ2v) is 7.56. The quantitative estimate of drug-likeness (QED) is 0.730. The topological polar surface area (TPSA) is 37.4 Å². The fourth-order valence-electron chi connectivity index (χ4n) is 2.61. The lowest BCUT2D eigenvalue weighted by atomic mass is 9.92. The van der Waals surface area contributed by atoms with Gasteiger partial charge in [-0.1, -0.05) is 13.8 Å². The Bertz CT molecular complexity index is 315. The summed E-state index contributed by atoms with van der Waals surface area (Å²) in [4.78, 5) is 0. The van der Waals surface area contributed by atoms with Crippen molar-refractivity contribution in [2.75, 3.05) is 6.26 Å². The first-order chi connectivity index (χ1) is 6.64. The third kappa shape index (κ3) is 3.45. The minimum atomic E-state index is -3.07. The molecule has 0 spiro atoms. The molecule has 0 N–H and O–H groups in total. The summed E-state index contributed by atoms with van der Waals surface area (Å²) in [6.07, 6.45) is 4.28. The fourth-order valence-corrected chi connectivity index (χ4v) is 4.34. The van der Waals surface area contributed by atoms with Crippen LogP contribution in [0.1, 0.15) is 47.0 Å². The molecule has 0 saturated heterocycles. The van der Waals surface area contributed by atoms with Crippen LogP contribution in [-0.4, -0.2) is 30.6 Å². The molecule has 1 aliphatic rings. The third-order valence-corrected chi connectivity index (χ3v) is 4.25. The average Bonchev–Trinajstić information content (AvgIpc) is 2.62. The van der Waals surface area contributed by atoms with E-state index in [1.54, 1.807) is 4.31 Å². The Morgan fingerprint density at radius 3 is 2.07 bits per heavy atom. The summed E-state index contributed by atoms with van der Waals surface area (Å²) in [6, 6.07) is 0.258. The summed E-state index contributed by atoms with van der Waals surface area (Å²) in [7, 11) is -3.07. The van der Waals surface area contributed by atoms with E-state index in [2.05, 4.69) is 13.8 Å². The van der Waals surface area contributed by atoms with Gasteiger partial charge in [-0.25, -0.2) is 8.42 Å². The number of rotatable bonds is 5. The number of sulfonamides is 1. The maximum absolute atomic E-state index is 11.8. The lowest BCUT2D eigenvalue weighted by Crippen LogP contribution is -2.49. The molecular formula is C11H23NO2S. The van der Waals surface area contributed by atoms with Crippen molar-refractivity contribution in [3.63, 3.8) is 0 Å². The molecule has 4 heteroatoms. The molecule has 0 radical (unpaired) electrons.